The molecular formula is C23H33N3O5. The number of esters is 1. The van der Waals surface area contributed by atoms with Crippen LogP contribution in [0.2, 0.25) is 0 Å². The van der Waals surface area contributed by atoms with E-state index in [4.69, 9.17) is 9.47 Å². The van der Waals surface area contributed by atoms with Gasteiger partial charge in [0, 0.05) is 45.0 Å². The first-order valence-corrected chi connectivity index (χ1v) is 11.0. The summed E-state index contributed by atoms with van der Waals surface area (Å²) in [5.74, 6) is -0.879. The summed E-state index contributed by atoms with van der Waals surface area (Å²) >= 11 is 0. The second-order valence-electron chi connectivity index (χ2n) is 8.64. The number of nitrogens with one attached hydrogen (secondary N) is 1. The van der Waals surface area contributed by atoms with Crippen molar-refractivity contribution < 1.29 is 23.9 Å². The number of amides is 2. The first kappa shape index (κ1) is 23.1. The van der Waals surface area contributed by atoms with Crippen molar-refractivity contribution in [3.05, 3.63) is 24.3 Å². The fourth-order valence-corrected chi connectivity index (χ4v) is 4.14. The Morgan fingerprint density at radius 1 is 1.13 bits per heavy atom. The largest absolute Gasteiger partial charge is 0.452 e. The molecule has 1 aliphatic heterocycles. The summed E-state index contributed by atoms with van der Waals surface area (Å²) in [4.78, 5) is 42.1. The third-order valence-corrected chi connectivity index (χ3v) is 6.15. The van der Waals surface area contributed by atoms with Crippen LogP contribution in [0, 0.1) is 5.41 Å². The molecule has 0 aromatic heterocycles. The molecule has 1 saturated carbocycles. The minimum absolute atomic E-state index is 0.0414. The summed E-state index contributed by atoms with van der Waals surface area (Å²) in [5.41, 5.74) is 0.819. The van der Waals surface area contributed by atoms with Crippen LogP contribution in [0.1, 0.15) is 39.0 Å². The van der Waals surface area contributed by atoms with Crippen molar-refractivity contribution in [2.75, 3.05) is 50.6 Å². The lowest BCUT2D eigenvalue weighted by Gasteiger charge is -2.32. The van der Waals surface area contributed by atoms with Crippen molar-refractivity contribution in [3.63, 3.8) is 0 Å². The number of morpholine rings is 1. The summed E-state index contributed by atoms with van der Waals surface area (Å²) in [6.07, 6.45) is 2.17. The molecular weight excluding hydrogens is 398 g/mol. The predicted octanol–water partition coefficient (Wildman–Crippen LogP) is 2.43. The number of ether oxygens (including phenoxy) is 2. The van der Waals surface area contributed by atoms with E-state index >= 15 is 0 Å². The van der Waals surface area contributed by atoms with Crippen LogP contribution < -0.4 is 10.2 Å². The number of anilines is 2. The minimum atomic E-state index is -0.947. The van der Waals surface area contributed by atoms with Crippen LogP contribution in [0.25, 0.3) is 0 Å². The van der Waals surface area contributed by atoms with E-state index < -0.39 is 23.4 Å². The average molecular weight is 432 g/mol. The van der Waals surface area contributed by atoms with Gasteiger partial charge in [-0.25, -0.2) is 0 Å². The zero-order chi connectivity index (χ0) is 22.4. The Balaban J connectivity index is 1.59. The Kier molecular flexibility index (Phi) is 7.54. The number of carbonyl (C=O) groups excluding carboxylic acids is 3. The monoisotopic (exact) mass is 431 g/mol. The van der Waals surface area contributed by atoms with E-state index in [-0.39, 0.29) is 12.3 Å². The topological polar surface area (TPSA) is 88.2 Å². The molecule has 0 radical (unpaired) electrons. The van der Waals surface area contributed by atoms with Crippen molar-refractivity contribution >= 4 is 29.2 Å². The van der Waals surface area contributed by atoms with Gasteiger partial charge < -0.3 is 24.6 Å². The van der Waals surface area contributed by atoms with Crippen LogP contribution >= 0.6 is 0 Å². The predicted molar refractivity (Wildman–Crippen MR) is 118 cm³/mol. The molecule has 2 aliphatic rings. The van der Waals surface area contributed by atoms with Crippen molar-refractivity contribution in [2.45, 2.75) is 45.1 Å². The summed E-state index contributed by atoms with van der Waals surface area (Å²) in [6.45, 7) is 3.71. The Morgan fingerprint density at radius 3 is 2.32 bits per heavy atom. The highest BCUT2D eigenvalue weighted by Crippen LogP contribution is 2.43. The maximum absolute atomic E-state index is 13.1. The van der Waals surface area contributed by atoms with Crippen molar-refractivity contribution in [3.8, 4) is 0 Å². The molecule has 1 atom stereocenters. The van der Waals surface area contributed by atoms with Gasteiger partial charge in [0.05, 0.1) is 18.6 Å². The van der Waals surface area contributed by atoms with Gasteiger partial charge >= 0.3 is 5.97 Å². The number of benzene rings is 1. The lowest BCUT2D eigenvalue weighted by molar-refractivity contribution is -0.166. The molecule has 1 N–H and O–H groups in total. The van der Waals surface area contributed by atoms with E-state index in [9.17, 15) is 14.4 Å². The third kappa shape index (κ3) is 5.76. The van der Waals surface area contributed by atoms with Crippen molar-refractivity contribution in [1.82, 2.24) is 4.90 Å². The van der Waals surface area contributed by atoms with Crippen LogP contribution in [0.15, 0.2) is 24.3 Å². The fraction of sp³-hybridized carbons (Fsp3) is 0.609. The van der Waals surface area contributed by atoms with Gasteiger partial charge in [0.15, 0.2) is 6.10 Å². The normalized spacial score (nSPS) is 18.9. The molecule has 8 nitrogen and oxygen atoms in total. The Hall–Kier alpha value is -2.61. The van der Waals surface area contributed by atoms with E-state index in [1.807, 2.05) is 31.1 Å². The molecule has 1 aromatic carbocycles. The molecule has 1 aromatic rings. The maximum atomic E-state index is 13.1. The number of nitrogens with zero attached hydrogens (tertiary/aromatic N) is 2. The van der Waals surface area contributed by atoms with Crippen LogP contribution in [0.4, 0.5) is 11.4 Å². The second kappa shape index (κ2) is 10.1. The Morgan fingerprint density at radius 2 is 1.74 bits per heavy atom. The van der Waals surface area contributed by atoms with Gasteiger partial charge in [-0.3, -0.25) is 14.4 Å². The average Bonchev–Trinajstić information content (AvgIpc) is 3.24. The SMILES string of the molecule is CC(OC(=O)C1(CC(=O)N2CCOCC2)CCCC1)C(=O)Nc1ccc(N(C)C)cc1. The highest BCUT2D eigenvalue weighted by molar-refractivity contribution is 5.96. The van der Waals surface area contributed by atoms with Gasteiger partial charge in [0.1, 0.15) is 0 Å². The number of rotatable bonds is 7. The number of hydrogen-bond donors (Lipinski definition) is 1. The van der Waals surface area contributed by atoms with Crippen molar-refractivity contribution in [2.24, 2.45) is 5.41 Å². The molecule has 0 bridgehead atoms. The molecule has 1 saturated heterocycles. The van der Waals surface area contributed by atoms with Gasteiger partial charge in [-0.2, -0.15) is 0 Å². The molecule has 2 amide bonds. The van der Waals surface area contributed by atoms with Gasteiger partial charge in [-0.15, -0.1) is 0 Å². The minimum Gasteiger partial charge on any atom is -0.452 e. The quantitative estimate of drug-likeness (QED) is 0.667. The molecule has 31 heavy (non-hydrogen) atoms. The van der Waals surface area contributed by atoms with Gasteiger partial charge in [0.2, 0.25) is 5.91 Å². The standard InChI is InChI=1S/C23H33N3O5/c1-17(21(28)24-18-6-8-19(9-7-18)25(2)3)31-22(29)23(10-4-5-11-23)16-20(27)26-12-14-30-15-13-26/h6-9,17H,4-5,10-16H2,1-3H3,(H,24,28). The van der Waals surface area contributed by atoms with Crippen molar-refractivity contribution in [1.29, 1.82) is 0 Å². The van der Waals surface area contributed by atoms with Gasteiger partial charge in [0.25, 0.3) is 5.91 Å². The van der Waals surface area contributed by atoms with Crippen LogP contribution in [-0.2, 0) is 23.9 Å². The van der Waals surface area contributed by atoms with Crippen LogP contribution in [0.3, 0.4) is 0 Å². The number of hydrogen-bond acceptors (Lipinski definition) is 6. The molecule has 170 valence electrons. The maximum Gasteiger partial charge on any atom is 0.313 e. The zero-order valence-electron chi connectivity index (χ0n) is 18.7. The lowest BCUT2D eigenvalue weighted by atomic mass is 9.82. The van der Waals surface area contributed by atoms with Gasteiger partial charge in [-0.05, 0) is 44.0 Å². The highest BCUT2D eigenvalue weighted by Gasteiger charge is 2.46. The van der Waals surface area contributed by atoms with Crippen LogP contribution in [-0.4, -0.2) is 69.2 Å². The fourth-order valence-electron chi connectivity index (χ4n) is 4.14. The molecule has 8 heteroatoms. The van der Waals surface area contributed by atoms with Crippen LogP contribution in [0.5, 0.6) is 0 Å². The first-order chi connectivity index (χ1) is 14.8. The van der Waals surface area contributed by atoms with E-state index in [1.165, 1.54) is 0 Å². The van der Waals surface area contributed by atoms with Gasteiger partial charge in [-0.1, -0.05) is 12.8 Å². The summed E-state index contributed by atoms with van der Waals surface area (Å²) in [7, 11) is 3.88. The van der Waals surface area contributed by atoms with E-state index in [2.05, 4.69) is 5.32 Å². The zero-order valence-corrected chi connectivity index (χ0v) is 18.7. The molecule has 3 rings (SSSR count). The Labute approximate surface area is 183 Å². The highest BCUT2D eigenvalue weighted by atomic mass is 16.5. The molecule has 1 heterocycles. The molecule has 2 fully saturated rings. The molecule has 1 aliphatic carbocycles. The summed E-state index contributed by atoms with van der Waals surface area (Å²) in [6, 6.07) is 7.41. The van der Waals surface area contributed by atoms with E-state index in [1.54, 1.807) is 24.0 Å². The molecule has 0 spiro atoms. The smallest absolute Gasteiger partial charge is 0.313 e. The Bertz CT molecular complexity index is 781. The second-order valence-corrected chi connectivity index (χ2v) is 8.64. The summed E-state index contributed by atoms with van der Waals surface area (Å²) < 4.78 is 10.9. The molecule has 1 unspecified atom stereocenters. The van der Waals surface area contributed by atoms with E-state index in [0.29, 0.717) is 44.8 Å². The first-order valence-electron chi connectivity index (χ1n) is 11.0. The third-order valence-electron chi connectivity index (χ3n) is 6.15. The van der Waals surface area contributed by atoms with E-state index in [0.717, 1.165) is 18.5 Å². The summed E-state index contributed by atoms with van der Waals surface area (Å²) in [5, 5.41) is 2.79. The lowest BCUT2D eigenvalue weighted by Crippen LogP contribution is -2.45. The number of carbonyl (C=O) groups is 3.